The van der Waals surface area contributed by atoms with Crippen LogP contribution >= 0.6 is 0 Å². The van der Waals surface area contributed by atoms with E-state index in [0.717, 1.165) is 4.90 Å². The van der Waals surface area contributed by atoms with Crippen molar-refractivity contribution in [2.45, 2.75) is 19.9 Å². The lowest BCUT2D eigenvalue weighted by Crippen LogP contribution is -2.57. The van der Waals surface area contributed by atoms with E-state index in [1.165, 1.54) is 6.26 Å². The Balaban J connectivity index is 1.32. The molecule has 10 heteroatoms. The van der Waals surface area contributed by atoms with E-state index in [4.69, 9.17) is 8.83 Å². The van der Waals surface area contributed by atoms with Gasteiger partial charge in [-0.2, -0.15) is 10.2 Å². The number of hydrogen-bond acceptors (Lipinski definition) is 8. The highest BCUT2D eigenvalue weighted by molar-refractivity contribution is 6.22. The molecule has 1 unspecified atom stereocenters. The highest BCUT2D eigenvalue weighted by atomic mass is 16.4. The zero-order valence-corrected chi connectivity index (χ0v) is 19.3. The number of fused-ring (bicyclic) bond motifs is 1. The highest BCUT2D eigenvalue weighted by Crippen LogP contribution is 2.31. The molecule has 35 heavy (non-hydrogen) atoms. The summed E-state index contributed by atoms with van der Waals surface area (Å²) in [7, 11) is 0. The molecule has 10 nitrogen and oxygen atoms in total. The van der Waals surface area contributed by atoms with Gasteiger partial charge in [-0.15, -0.1) is 0 Å². The Kier molecular flexibility index (Phi) is 5.61. The number of anilines is 1. The Morgan fingerprint density at radius 2 is 1.69 bits per heavy atom. The van der Waals surface area contributed by atoms with Crippen LogP contribution in [0.15, 0.2) is 51.5 Å². The van der Waals surface area contributed by atoms with Crippen LogP contribution in [0.1, 0.15) is 40.3 Å². The molecule has 1 fully saturated rings. The van der Waals surface area contributed by atoms with Crippen LogP contribution in [0.4, 0.5) is 5.88 Å². The summed E-state index contributed by atoms with van der Waals surface area (Å²) in [6, 6.07) is 11.2. The minimum absolute atomic E-state index is 0.141. The first-order chi connectivity index (χ1) is 16.9. The highest BCUT2D eigenvalue weighted by Gasteiger charge is 2.45. The molecule has 0 bridgehead atoms. The van der Waals surface area contributed by atoms with Crippen molar-refractivity contribution in [3.8, 4) is 17.7 Å². The number of rotatable bonds is 5. The van der Waals surface area contributed by atoms with Gasteiger partial charge in [0, 0.05) is 26.2 Å². The number of nitrogens with zero attached hydrogens (tertiary/aromatic N) is 5. The van der Waals surface area contributed by atoms with Gasteiger partial charge in [0.2, 0.25) is 17.5 Å². The number of imide groups is 1. The Bertz CT molecular complexity index is 1290. The van der Waals surface area contributed by atoms with Crippen LogP contribution in [0, 0.1) is 17.2 Å². The molecule has 4 heterocycles. The van der Waals surface area contributed by atoms with E-state index >= 15 is 0 Å². The van der Waals surface area contributed by atoms with Gasteiger partial charge in [-0.1, -0.05) is 26.0 Å². The summed E-state index contributed by atoms with van der Waals surface area (Å²) in [4.78, 5) is 48.4. The lowest BCUT2D eigenvalue weighted by atomic mass is 10.0. The molecule has 0 radical (unpaired) electrons. The summed E-state index contributed by atoms with van der Waals surface area (Å²) in [6.45, 7) is 5.14. The molecule has 0 N–H and O–H groups in total. The molecule has 3 aromatic rings. The maximum Gasteiger partial charge on any atom is 0.266 e. The summed E-state index contributed by atoms with van der Waals surface area (Å²) >= 11 is 0. The number of aromatic nitrogens is 1. The summed E-state index contributed by atoms with van der Waals surface area (Å²) in [5, 5.41) is 9.52. The van der Waals surface area contributed by atoms with Crippen LogP contribution < -0.4 is 4.90 Å². The SMILES string of the molecule is CC(C)C(C(=O)N1CCN(c2oc(-c3ccco3)nc2C#N)CC1)N1C(=O)c2ccccc2C1=O. The van der Waals surface area contributed by atoms with Gasteiger partial charge >= 0.3 is 0 Å². The Morgan fingerprint density at radius 3 is 2.23 bits per heavy atom. The van der Waals surface area contributed by atoms with E-state index in [9.17, 15) is 19.6 Å². The molecular formula is C25H23N5O5. The van der Waals surface area contributed by atoms with Crippen molar-refractivity contribution >= 4 is 23.6 Å². The van der Waals surface area contributed by atoms with Gasteiger partial charge in [0.15, 0.2) is 5.76 Å². The number of benzene rings is 1. The number of hydrogen-bond donors (Lipinski definition) is 0. The Labute approximate surface area is 201 Å². The first-order valence-electron chi connectivity index (χ1n) is 11.4. The fourth-order valence-corrected chi connectivity index (χ4v) is 4.58. The van der Waals surface area contributed by atoms with Crippen molar-refractivity contribution in [1.29, 1.82) is 5.26 Å². The smallest absolute Gasteiger partial charge is 0.266 e. The van der Waals surface area contributed by atoms with Crippen LogP contribution in [0.3, 0.4) is 0 Å². The number of furan rings is 1. The molecule has 3 amide bonds. The quantitative estimate of drug-likeness (QED) is 0.518. The average molecular weight is 473 g/mol. The van der Waals surface area contributed by atoms with E-state index in [0.29, 0.717) is 49.0 Å². The van der Waals surface area contributed by atoms with E-state index in [1.807, 2.05) is 24.8 Å². The third-order valence-electron chi connectivity index (χ3n) is 6.31. The minimum atomic E-state index is -0.903. The second-order valence-corrected chi connectivity index (χ2v) is 8.79. The lowest BCUT2D eigenvalue weighted by molar-refractivity contribution is -0.137. The molecule has 1 saturated heterocycles. The van der Waals surface area contributed by atoms with Crippen molar-refractivity contribution in [2.24, 2.45) is 5.92 Å². The van der Waals surface area contributed by atoms with Crippen LogP contribution in [0.5, 0.6) is 0 Å². The monoisotopic (exact) mass is 473 g/mol. The second-order valence-electron chi connectivity index (χ2n) is 8.79. The third-order valence-corrected chi connectivity index (χ3v) is 6.31. The zero-order chi connectivity index (χ0) is 24.7. The lowest BCUT2D eigenvalue weighted by Gasteiger charge is -2.38. The van der Waals surface area contributed by atoms with Gasteiger partial charge in [-0.3, -0.25) is 19.3 Å². The maximum atomic E-state index is 13.6. The predicted molar refractivity (Wildman–Crippen MR) is 123 cm³/mol. The van der Waals surface area contributed by atoms with Gasteiger partial charge < -0.3 is 18.6 Å². The van der Waals surface area contributed by atoms with Crippen molar-refractivity contribution in [3.05, 3.63) is 59.5 Å². The van der Waals surface area contributed by atoms with E-state index in [2.05, 4.69) is 4.98 Å². The van der Waals surface area contributed by atoms with Gasteiger partial charge in [-0.05, 0) is 30.2 Å². The van der Waals surface area contributed by atoms with Gasteiger partial charge in [0.05, 0.1) is 17.4 Å². The molecule has 1 aromatic carbocycles. The van der Waals surface area contributed by atoms with Crippen molar-refractivity contribution < 1.29 is 23.2 Å². The molecule has 2 aromatic heterocycles. The van der Waals surface area contributed by atoms with Gasteiger partial charge in [-0.25, -0.2) is 0 Å². The molecule has 1 atom stereocenters. The molecule has 0 spiro atoms. The molecule has 0 aliphatic carbocycles. The third kappa shape index (κ3) is 3.75. The Morgan fingerprint density at radius 1 is 1.03 bits per heavy atom. The van der Waals surface area contributed by atoms with E-state index in [-0.39, 0.29) is 23.4 Å². The van der Waals surface area contributed by atoms with Crippen molar-refractivity contribution in [2.75, 3.05) is 31.1 Å². The Hall–Kier alpha value is -4.39. The molecule has 5 rings (SSSR count). The summed E-state index contributed by atoms with van der Waals surface area (Å²) in [5.41, 5.74) is 0.784. The summed E-state index contributed by atoms with van der Waals surface area (Å²) in [5.74, 6) is -0.467. The molecule has 2 aliphatic rings. The number of nitriles is 1. The standard InChI is InChI=1S/C25H23N5O5/c1-15(2)20(30-22(31)16-6-3-4-7-17(16)23(30)32)24(33)28-9-11-29(12-10-28)25-18(14-26)27-21(35-25)19-8-5-13-34-19/h3-8,13,15,20H,9-12H2,1-2H3. The van der Waals surface area contributed by atoms with E-state index in [1.54, 1.807) is 41.3 Å². The first kappa shape index (κ1) is 22.4. The number of carbonyl (C=O) groups is 3. The number of oxazole rings is 1. The van der Waals surface area contributed by atoms with Crippen LogP contribution in [-0.4, -0.2) is 64.7 Å². The van der Waals surface area contributed by atoms with Gasteiger partial charge in [0.1, 0.15) is 12.1 Å². The molecule has 0 saturated carbocycles. The zero-order valence-electron chi connectivity index (χ0n) is 19.3. The minimum Gasteiger partial charge on any atom is -0.459 e. The summed E-state index contributed by atoms with van der Waals surface area (Å²) in [6.07, 6.45) is 1.50. The van der Waals surface area contributed by atoms with Crippen LogP contribution in [0.2, 0.25) is 0 Å². The number of piperazine rings is 1. The number of carbonyl (C=O) groups excluding carboxylic acids is 3. The average Bonchev–Trinajstić information content (AvgIpc) is 3.60. The normalized spacial score (nSPS) is 16.6. The van der Waals surface area contributed by atoms with Crippen molar-refractivity contribution in [1.82, 2.24) is 14.8 Å². The molecule has 2 aliphatic heterocycles. The van der Waals surface area contributed by atoms with Crippen LogP contribution in [-0.2, 0) is 4.79 Å². The largest absolute Gasteiger partial charge is 0.459 e. The maximum absolute atomic E-state index is 13.6. The summed E-state index contributed by atoms with van der Waals surface area (Å²) < 4.78 is 11.1. The first-order valence-corrected chi connectivity index (χ1v) is 11.4. The molecule has 178 valence electrons. The van der Waals surface area contributed by atoms with Gasteiger partial charge in [0.25, 0.3) is 17.7 Å². The van der Waals surface area contributed by atoms with Crippen LogP contribution in [0.25, 0.3) is 11.7 Å². The second kappa shape index (κ2) is 8.76. The fourth-order valence-electron chi connectivity index (χ4n) is 4.58. The molecular weight excluding hydrogens is 450 g/mol. The number of amides is 3. The predicted octanol–water partition coefficient (Wildman–Crippen LogP) is 2.78. The topological polar surface area (TPSA) is 124 Å². The fraction of sp³-hybridized carbons (Fsp3) is 0.320. The van der Waals surface area contributed by atoms with E-state index < -0.39 is 17.9 Å². The van der Waals surface area contributed by atoms with Crippen molar-refractivity contribution in [3.63, 3.8) is 0 Å².